The first-order valence-corrected chi connectivity index (χ1v) is 8.44. The van der Waals surface area contributed by atoms with Gasteiger partial charge in [0.1, 0.15) is 11.4 Å². The van der Waals surface area contributed by atoms with E-state index in [0.717, 1.165) is 17.1 Å². The van der Waals surface area contributed by atoms with Crippen molar-refractivity contribution in [2.45, 2.75) is 25.0 Å². The molecule has 2 aromatic rings. The molecule has 5 nitrogen and oxygen atoms in total. The summed E-state index contributed by atoms with van der Waals surface area (Å²) in [5.41, 5.74) is 1.89. The second-order valence-electron chi connectivity index (χ2n) is 6.91. The number of para-hydroxylation sites is 1. The van der Waals surface area contributed by atoms with Crippen molar-refractivity contribution in [3.05, 3.63) is 48.0 Å². The molecule has 0 saturated heterocycles. The average Bonchev–Trinajstić information content (AvgIpc) is 2.81. The zero-order valence-electron chi connectivity index (χ0n) is 14.7. The summed E-state index contributed by atoms with van der Waals surface area (Å²) < 4.78 is 11.9. The van der Waals surface area contributed by atoms with Gasteiger partial charge in [0.05, 0.1) is 25.3 Å². The van der Waals surface area contributed by atoms with E-state index in [0.29, 0.717) is 12.3 Å². The van der Waals surface area contributed by atoms with Crippen LogP contribution in [0.4, 0.5) is 11.4 Å². The van der Waals surface area contributed by atoms with Gasteiger partial charge >= 0.3 is 0 Å². The van der Waals surface area contributed by atoms with Gasteiger partial charge in [-0.1, -0.05) is 18.2 Å². The highest BCUT2D eigenvalue weighted by Gasteiger charge is 2.59. The van der Waals surface area contributed by atoms with Crippen molar-refractivity contribution < 1.29 is 14.6 Å². The number of anilines is 1. The lowest BCUT2D eigenvalue weighted by atomic mass is 9.77. The van der Waals surface area contributed by atoms with E-state index in [2.05, 4.69) is 35.9 Å². The number of methoxy groups -OCH3 is 1. The van der Waals surface area contributed by atoms with Crippen molar-refractivity contribution in [3.63, 3.8) is 0 Å². The predicted octanol–water partition coefficient (Wildman–Crippen LogP) is 3.28. The normalized spacial score (nSPS) is 22.5. The molecule has 1 N–H and O–H groups in total. The predicted molar refractivity (Wildman–Crippen MR) is 98.4 cm³/mol. The van der Waals surface area contributed by atoms with E-state index in [1.54, 1.807) is 7.11 Å². The van der Waals surface area contributed by atoms with Crippen LogP contribution >= 0.6 is 0 Å². The van der Waals surface area contributed by atoms with E-state index < -0.39 is 5.72 Å². The summed E-state index contributed by atoms with van der Waals surface area (Å²) in [5.74, 6) is 1.42. The monoisotopic (exact) mass is 338 g/mol. The molecule has 1 atom stereocenters. The lowest BCUT2D eigenvalue weighted by Crippen LogP contribution is -2.62. The van der Waals surface area contributed by atoms with Crippen molar-refractivity contribution in [1.29, 1.82) is 0 Å². The lowest BCUT2D eigenvalue weighted by molar-refractivity contribution is 0.0738. The van der Waals surface area contributed by atoms with Gasteiger partial charge in [-0.3, -0.25) is 4.99 Å². The molecule has 2 heterocycles. The number of ether oxygens (including phenoxy) is 2. The summed E-state index contributed by atoms with van der Waals surface area (Å²) in [6.07, 6.45) is 1.87. The third kappa shape index (κ3) is 2.09. The third-order valence-corrected chi connectivity index (χ3v) is 5.30. The largest absolute Gasteiger partial charge is 0.497 e. The maximum atomic E-state index is 9.65. The standard InChI is InChI=1S/C20H22N2O3/c1-19(2)15-6-4-5-7-17(15)22(10-11-23)20(19)13-21-16-9-8-14(24-3)12-18(16)25-20/h4-9,12-13,23H,10-11H2,1-3H3. The van der Waals surface area contributed by atoms with E-state index in [-0.39, 0.29) is 12.0 Å². The zero-order chi connectivity index (χ0) is 17.7. The van der Waals surface area contributed by atoms with Crippen molar-refractivity contribution in [3.8, 4) is 11.5 Å². The van der Waals surface area contributed by atoms with Gasteiger partial charge in [0, 0.05) is 18.3 Å². The molecule has 2 aromatic carbocycles. The number of β-amino-alcohol motifs (C(OH)–C–C–N with tert-alkyl or cyclic N) is 1. The Balaban J connectivity index is 1.88. The maximum absolute atomic E-state index is 9.65. The number of hydrogen-bond donors (Lipinski definition) is 1. The molecule has 0 amide bonds. The third-order valence-electron chi connectivity index (χ3n) is 5.30. The van der Waals surface area contributed by atoms with Crippen molar-refractivity contribution in [1.82, 2.24) is 0 Å². The first-order chi connectivity index (χ1) is 12.0. The van der Waals surface area contributed by atoms with Gasteiger partial charge in [0.2, 0.25) is 5.72 Å². The van der Waals surface area contributed by atoms with Crippen LogP contribution < -0.4 is 14.4 Å². The van der Waals surface area contributed by atoms with E-state index in [4.69, 9.17) is 9.47 Å². The number of aliphatic hydroxyl groups excluding tert-OH is 1. The number of hydrogen-bond acceptors (Lipinski definition) is 5. The maximum Gasteiger partial charge on any atom is 0.229 e. The average molecular weight is 338 g/mol. The van der Waals surface area contributed by atoms with Gasteiger partial charge in [-0.25, -0.2) is 0 Å². The molecule has 2 aliphatic rings. The second kappa shape index (κ2) is 5.49. The molecule has 2 aliphatic heterocycles. The molecule has 0 aliphatic carbocycles. The van der Waals surface area contributed by atoms with Crippen LogP contribution in [-0.2, 0) is 5.41 Å². The fourth-order valence-corrected chi connectivity index (χ4v) is 3.91. The summed E-state index contributed by atoms with van der Waals surface area (Å²) in [5, 5.41) is 9.65. The highest BCUT2D eigenvalue weighted by molar-refractivity contribution is 5.88. The number of benzene rings is 2. The minimum atomic E-state index is -0.793. The van der Waals surface area contributed by atoms with Gasteiger partial charge in [0.15, 0.2) is 5.75 Å². The molecule has 25 heavy (non-hydrogen) atoms. The molecule has 5 heteroatoms. The molecular formula is C20H22N2O3. The van der Waals surface area contributed by atoms with E-state index in [9.17, 15) is 5.11 Å². The molecule has 1 spiro atoms. The number of aliphatic imine (C=N–C) groups is 1. The van der Waals surface area contributed by atoms with Crippen LogP contribution in [0.3, 0.4) is 0 Å². The summed E-state index contributed by atoms with van der Waals surface area (Å²) in [6.45, 7) is 4.81. The van der Waals surface area contributed by atoms with Gasteiger partial charge in [-0.2, -0.15) is 0 Å². The van der Waals surface area contributed by atoms with Gasteiger partial charge < -0.3 is 19.5 Å². The Hall–Kier alpha value is -2.53. The second-order valence-corrected chi connectivity index (χ2v) is 6.91. The molecule has 130 valence electrons. The summed E-state index contributed by atoms with van der Waals surface area (Å²) in [4.78, 5) is 6.79. The molecular weight excluding hydrogens is 316 g/mol. The lowest BCUT2D eigenvalue weighted by Gasteiger charge is -2.46. The molecule has 0 bridgehead atoms. The fourth-order valence-electron chi connectivity index (χ4n) is 3.91. The minimum absolute atomic E-state index is 0.0360. The van der Waals surface area contributed by atoms with Crippen molar-refractivity contribution in [2.75, 3.05) is 25.2 Å². The topological polar surface area (TPSA) is 54.3 Å². The van der Waals surface area contributed by atoms with Gasteiger partial charge in [0.25, 0.3) is 0 Å². The van der Waals surface area contributed by atoms with Crippen LogP contribution in [0.25, 0.3) is 0 Å². The molecule has 0 saturated carbocycles. The van der Waals surface area contributed by atoms with E-state index >= 15 is 0 Å². The van der Waals surface area contributed by atoms with Crippen LogP contribution in [-0.4, -0.2) is 37.3 Å². The molecule has 0 fully saturated rings. The summed E-state index contributed by atoms with van der Waals surface area (Å²) >= 11 is 0. The Morgan fingerprint density at radius 2 is 2.00 bits per heavy atom. The Morgan fingerprint density at radius 1 is 1.20 bits per heavy atom. The van der Waals surface area contributed by atoms with Gasteiger partial charge in [-0.05, 0) is 37.6 Å². The number of fused-ring (bicyclic) bond motifs is 2. The van der Waals surface area contributed by atoms with Crippen molar-refractivity contribution >= 4 is 17.6 Å². The molecule has 0 aromatic heterocycles. The van der Waals surface area contributed by atoms with Crippen LogP contribution in [0.15, 0.2) is 47.5 Å². The Labute approximate surface area is 147 Å². The number of rotatable bonds is 3. The van der Waals surface area contributed by atoms with Crippen LogP contribution in [0.2, 0.25) is 0 Å². The van der Waals surface area contributed by atoms with Crippen LogP contribution in [0, 0.1) is 0 Å². The zero-order valence-corrected chi connectivity index (χ0v) is 14.7. The molecule has 0 radical (unpaired) electrons. The van der Waals surface area contributed by atoms with Crippen LogP contribution in [0.1, 0.15) is 19.4 Å². The smallest absolute Gasteiger partial charge is 0.229 e. The van der Waals surface area contributed by atoms with E-state index in [1.165, 1.54) is 5.56 Å². The van der Waals surface area contributed by atoms with Crippen LogP contribution in [0.5, 0.6) is 11.5 Å². The Kier molecular flexibility index (Phi) is 3.51. The van der Waals surface area contributed by atoms with Gasteiger partial charge in [-0.15, -0.1) is 0 Å². The Morgan fingerprint density at radius 3 is 2.76 bits per heavy atom. The Bertz CT molecular complexity index is 847. The highest BCUT2D eigenvalue weighted by Crippen LogP contribution is 2.54. The SMILES string of the molecule is COc1ccc2c(c1)OC1(C=N2)N(CCO)c2ccccc2C1(C)C. The highest BCUT2D eigenvalue weighted by atomic mass is 16.5. The first kappa shape index (κ1) is 16.0. The quantitative estimate of drug-likeness (QED) is 0.933. The number of nitrogens with zero attached hydrogens (tertiary/aromatic N) is 2. The molecule has 1 unspecified atom stereocenters. The minimum Gasteiger partial charge on any atom is -0.497 e. The summed E-state index contributed by atoms with van der Waals surface area (Å²) in [7, 11) is 1.64. The number of aliphatic hydroxyl groups is 1. The fraction of sp³-hybridized carbons (Fsp3) is 0.350. The van der Waals surface area contributed by atoms with E-state index in [1.807, 2.05) is 36.5 Å². The summed E-state index contributed by atoms with van der Waals surface area (Å²) in [6, 6.07) is 13.9. The first-order valence-electron chi connectivity index (χ1n) is 8.44. The van der Waals surface area contributed by atoms with Crippen molar-refractivity contribution in [2.24, 2.45) is 4.99 Å². The molecule has 4 rings (SSSR count).